The molecule has 1 aliphatic rings. The minimum Gasteiger partial charge on any atom is -0.494 e. The summed E-state index contributed by atoms with van der Waals surface area (Å²) in [4.78, 5) is 40.5. The van der Waals surface area contributed by atoms with Crippen molar-refractivity contribution in [3.63, 3.8) is 0 Å². The van der Waals surface area contributed by atoms with Crippen LogP contribution in [0.4, 0.5) is 0 Å². The Kier molecular flexibility index (Phi) is 8.90. The third-order valence-electron chi connectivity index (χ3n) is 6.00. The molecule has 0 bridgehead atoms. The highest BCUT2D eigenvalue weighted by Crippen LogP contribution is 2.24. The molecule has 0 aromatic heterocycles. The van der Waals surface area contributed by atoms with Gasteiger partial charge in [0.05, 0.1) is 6.61 Å². The molecule has 0 unspecified atom stereocenters. The van der Waals surface area contributed by atoms with Gasteiger partial charge in [0.2, 0.25) is 5.91 Å². The first kappa shape index (κ1) is 26.3. The molecule has 35 heavy (non-hydrogen) atoms. The second-order valence-corrected chi connectivity index (χ2v) is 9.87. The molecule has 0 spiro atoms. The maximum atomic E-state index is 13.0. The summed E-state index contributed by atoms with van der Waals surface area (Å²) in [7, 11) is 0. The van der Waals surface area contributed by atoms with E-state index in [1.54, 1.807) is 29.2 Å². The monoisotopic (exact) mass is 480 g/mol. The van der Waals surface area contributed by atoms with E-state index in [1.807, 2.05) is 17.0 Å². The molecule has 7 heteroatoms. The van der Waals surface area contributed by atoms with Crippen LogP contribution in [0, 0.1) is 0 Å². The van der Waals surface area contributed by atoms with Crippen LogP contribution in [-0.4, -0.2) is 60.4 Å². The molecule has 0 N–H and O–H groups in total. The number of esters is 1. The summed E-state index contributed by atoms with van der Waals surface area (Å²) in [5.74, 6) is 0.693. The van der Waals surface area contributed by atoms with Crippen LogP contribution in [0.3, 0.4) is 0 Å². The number of nitrogens with zero attached hydrogens (tertiary/aromatic N) is 2. The fourth-order valence-electron chi connectivity index (χ4n) is 4.03. The largest absolute Gasteiger partial charge is 0.494 e. The Morgan fingerprint density at radius 2 is 1.57 bits per heavy atom. The van der Waals surface area contributed by atoms with E-state index in [2.05, 4.69) is 32.9 Å². The number of amides is 2. The molecule has 188 valence electrons. The molecule has 2 aromatic carbocycles. The standard InChI is InChI=1S/C28H36N2O5/c1-21(31)35-25-9-5-8-22(20-25)27(33)30-16-7-15-29(17-18-30)26(32)10-6-19-34-24-13-11-23(12-14-24)28(2,3)4/h5,8-9,11-14,20H,6-7,10,15-19H2,1-4H3. The Balaban J connectivity index is 1.44. The molecule has 2 amide bonds. The lowest BCUT2D eigenvalue weighted by Gasteiger charge is -2.22. The molecule has 0 radical (unpaired) electrons. The Morgan fingerprint density at radius 1 is 0.886 bits per heavy atom. The van der Waals surface area contributed by atoms with E-state index in [9.17, 15) is 14.4 Å². The molecule has 1 fully saturated rings. The van der Waals surface area contributed by atoms with E-state index in [0.29, 0.717) is 56.9 Å². The second-order valence-electron chi connectivity index (χ2n) is 9.87. The van der Waals surface area contributed by atoms with Crippen LogP contribution in [-0.2, 0) is 15.0 Å². The van der Waals surface area contributed by atoms with Crippen molar-refractivity contribution in [3.05, 3.63) is 59.7 Å². The molecule has 0 atom stereocenters. The first-order chi connectivity index (χ1) is 16.6. The zero-order valence-corrected chi connectivity index (χ0v) is 21.2. The summed E-state index contributed by atoms with van der Waals surface area (Å²) in [6.07, 6.45) is 1.78. The first-order valence-electron chi connectivity index (χ1n) is 12.2. The predicted octanol–water partition coefficient (Wildman–Crippen LogP) is 4.44. The second kappa shape index (κ2) is 11.9. The summed E-state index contributed by atoms with van der Waals surface area (Å²) in [5.41, 5.74) is 1.83. The molecule has 0 aliphatic carbocycles. The minimum absolute atomic E-state index is 0.0860. The third-order valence-corrected chi connectivity index (χ3v) is 6.00. The fourth-order valence-corrected chi connectivity index (χ4v) is 4.03. The van der Waals surface area contributed by atoms with Crippen molar-refractivity contribution in [1.29, 1.82) is 0 Å². The highest BCUT2D eigenvalue weighted by molar-refractivity contribution is 5.94. The molecule has 1 heterocycles. The number of rotatable bonds is 7. The van der Waals surface area contributed by atoms with Crippen molar-refractivity contribution in [2.24, 2.45) is 0 Å². The van der Waals surface area contributed by atoms with Crippen LogP contribution < -0.4 is 9.47 Å². The van der Waals surface area contributed by atoms with E-state index >= 15 is 0 Å². The topological polar surface area (TPSA) is 76.2 Å². The van der Waals surface area contributed by atoms with Crippen LogP contribution in [0.1, 0.15) is 62.9 Å². The number of carbonyl (C=O) groups is 3. The van der Waals surface area contributed by atoms with Gasteiger partial charge in [0, 0.05) is 45.1 Å². The number of hydrogen-bond acceptors (Lipinski definition) is 5. The highest BCUT2D eigenvalue weighted by atomic mass is 16.5. The van der Waals surface area contributed by atoms with Gasteiger partial charge in [0.25, 0.3) is 5.91 Å². The Hall–Kier alpha value is -3.35. The van der Waals surface area contributed by atoms with Crippen LogP contribution in [0.25, 0.3) is 0 Å². The minimum atomic E-state index is -0.428. The Bertz CT molecular complexity index is 1030. The van der Waals surface area contributed by atoms with Gasteiger partial charge < -0.3 is 19.3 Å². The van der Waals surface area contributed by atoms with Gasteiger partial charge in [-0.05, 0) is 54.2 Å². The highest BCUT2D eigenvalue weighted by Gasteiger charge is 2.23. The number of benzene rings is 2. The molecular formula is C28H36N2O5. The summed E-state index contributed by atoms with van der Waals surface area (Å²) >= 11 is 0. The lowest BCUT2D eigenvalue weighted by atomic mass is 9.87. The zero-order chi connectivity index (χ0) is 25.4. The number of carbonyl (C=O) groups excluding carboxylic acids is 3. The maximum absolute atomic E-state index is 13.0. The normalized spacial score (nSPS) is 14.3. The van der Waals surface area contributed by atoms with E-state index in [0.717, 1.165) is 12.2 Å². The van der Waals surface area contributed by atoms with Crippen LogP contribution >= 0.6 is 0 Å². The lowest BCUT2D eigenvalue weighted by molar-refractivity contribution is -0.132. The summed E-state index contributed by atoms with van der Waals surface area (Å²) in [6, 6.07) is 14.7. The van der Waals surface area contributed by atoms with Crippen LogP contribution in [0.15, 0.2) is 48.5 Å². The third kappa shape index (κ3) is 7.84. The van der Waals surface area contributed by atoms with Crippen molar-refractivity contribution in [3.8, 4) is 11.5 Å². The van der Waals surface area contributed by atoms with Gasteiger partial charge in [-0.3, -0.25) is 14.4 Å². The predicted molar refractivity (Wildman–Crippen MR) is 135 cm³/mol. The van der Waals surface area contributed by atoms with Crippen LogP contribution in [0.5, 0.6) is 11.5 Å². The van der Waals surface area contributed by atoms with Gasteiger partial charge >= 0.3 is 5.97 Å². The van der Waals surface area contributed by atoms with Crippen molar-refractivity contribution < 1.29 is 23.9 Å². The smallest absolute Gasteiger partial charge is 0.308 e. The average Bonchev–Trinajstić information content (AvgIpc) is 3.07. The van der Waals surface area contributed by atoms with Crippen molar-refractivity contribution in [2.75, 3.05) is 32.8 Å². The SMILES string of the molecule is CC(=O)Oc1cccc(C(=O)N2CCCN(C(=O)CCCOc3ccc(C(C)(C)C)cc3)CC2)c1. The summed E-state index contributed by atoms with van der Waals surface area (Å²) in [6.45, 7) is 10.5. The van der Waals surface area contributed by atoms with E-state index in [-0.39, 0.29) is 17.2 Å². The van der Waals surface area contributed by atoms with Gasteiger partial charge in [-0.2, -0.15) is 0 Å². The average molecular weight is 481 g/mol. The lowest BCUT2D eigenvalue weighted by Crippen LogP contribution is -2.37. The van der Waals surface area contributed by atoms with Gasteiger partial charge in [-0.1, -0.05) is 39.0 Å². The molecule has 0 saturated carbocycles. The van der Waals surface area contributed by atoms with E-state index in [4.69, 9.17) is 9.47 Å². The molecule has 1 saturated heterocycles. The number of ether oxygens (including phenoxy) is 2. The van der Waals surface area contributed by atoms with Crippen molar-refractivity contribution in [2.45, 2.75) is 52.4 Å². The van der Waals surface area contributed by atoms with E-state index < -0.39 is 5.97 Å². The molecule has 3 rings (SSSR count). The Labute approximate surface area is 208 Å². The van der Waals surface area contributed by atoms with Gasteiger partial charge in [0.15, 0.2) is 0 Å². The van der Waals surface area contributed by atoms with Gasteiger partial charge in [-0.25, -0.2) is 0 Å². The Morgan fingerprint density at radius 3 is 2.26 bits per heavy atom. The first-order valence-corrected chi connectivity index (χ1v) is 12.2. The van der Waals surface area contributed by atoms with Crippen molar-refractivity contribution in [1.82, 2.24) is 9.80 Å². The molecule has 7 nitrogen and oxygen atoms in total. The molecule has 1 aliphatic heterocycles. The molecule has 2 aromatic rings. The zero-order valence-electron chi connectivity index (χ0n) is 21.2. The quantitative estimate of drug-likeness (QED) is 0.333. The van der Waals surface area contributed by atoms with Crippen LogP contribution in [0.2, 0.25) is 0 Å². The fraction of sp³-hybridized carbons (Fsp3) is 0.464. The molecular weight excluding hydrogens is 444 g/mol. The van der Waals surface area contributed by atoms with Crippen molar-refractivity contribution >= 4 is 17.8 Å². The van der Waals surface area contributed by atoms with Gasteiger partial charge in [0.1, 0.15) is 11.5 Å². The number of hydrogen-bond donors (Lipinski definition) is 0. The maximum Gasteiger partial charge on any atom is 0.308 e. The summed E-state index contributed by atoms with van der Waals surface area (Å²) in [5, 5.41) is 0. The van der Waals surface area contributed by atoms with E-state index in [1.165, 1.54) is 12.5 Å². The van der Waals surface area contributed by atoms with Gasteiger partial charge in [-0.15, -0.1) is 0 Å². The summed E-state index contributed by atoms with van der Waals surface area (Å²) < 4.78 is 10.9.